The highest BCUT2D eigenvalue weighted by Gasteiger charge is 2.25. The molecule has 0 aromatic carbocycles. The number of hydrogen-bond donors (Lipinski definition) is 2. The minimum Gasteiger partial charge on any atom is -0.460 e. The second-order valence-corrected chi connectivity index (χ2v) is 6.97. The van der Waals surface area contributed by atoms with Crippen molar-refractivity contribution in [2.24, 2.45) is 0 Å². The molecule has 0 radical (unpaired) electrons. The van der Waals surface area contributed by atoms with Crippen LogP contribution in [0.2, 0.25) is 5.02 Å². The molecule has 7 nitrogen and oxygen atoms in total. The van der Waals surface area contributed by atoms with Crippen molar-refractivity contribution in [1.82, 2.24) is 20.3 Å². The van der Waals surface area contributed by atoms with E-state index in [2.05, 4.69) is 20.3 Å². The van der Waals surface area contributed by atoms with Gasteiger partial charge in [0.2, 0.25) is 0 Å². The van der Waals surface area contributed by atoms with Gasteiger partial charge in [0, 0.05) is 23.6 Å². The van der Waals surface area contributed by atoms with Crippen LogP contribution in [-0.2, 0) is 0 Å². The number of nitrogens with one attached hydrogen (secondary N) is 2. The first-order chi connectivity index (χ1) is 12.4. The third kappa shape index (κ3) is 4.60. The molecule has 1 fully saturated rings. The number of H-pyrrole nitrogens is 1. The monoisotopic (exact) mass is 376 g/mol. The maximum atomic E-state index is 12.3. The zero-order valence-electron chi connectivity index (χ0n) is 14.7. The van der Waals surface area contributed by atoms with Gasteiger partial charge in [0.25, 0.3) is 11.5 Å². The molecular weight excluding hydrogens is 356 g/mol. The van der Waals surface area contributed by atoms with E-state index in [-0.39, 0.29) is 23.1 Å². The number of amides is 1. The number of aryl methyl sites for hydroxylation is 2. The van der Waals surface area contributed by atoms with Crippen LogP contribution in [-0.4, -0.2) is 33.0 Å². The van der Waals surface area contributed by atoms with E-state index < -0.39 is 5.56 Å². The molecule has 1 aliphatic rings. The van der Waals surface area contributed by atoms with Gasteiger partial charge >= 0.3 is 6.01 Å². The Morgan fingerprint density at radius 2 is 1.85 bits per heavy atom. The molecule has 1 amide bonds. The van der Waals surface area contributed by atoms with Gasteiger partial charge in [0.15, 0.2) is 0 Å². The second kappa shape index (κ2) is 7.86. The predicted octanol–water partition coefficient (Wildman–Crippen LogP) is 2.56. The fourth-order valence-corrected chi connectivity index (χ4v) is 3.25. The first kappa shape index (κ1) is 18.4. The van der Waals surface area contributed by atoms with Crippen molar-refractivity contribution < 1.29 is 9.53 Å². The number of ether oxygens (including phenoxy) is 1. The minimum absolute atomic E-state index is 0.00297. The Hall–Kier alpha value is -2.41. The van der Waals surface area contributed by atoms with E-state index in [0.29, 0.717) is 11.6 Å². The second-order valence-electron chi connectivity index (χ2n) is 6.56. The molecule has 2 N–H and O–H groups in total. The third-order valence-electron chi connectivity index (χ3n) is 4.36. The largest absolute Gasteiger partial charge is 0.460 e. The van der Waals surface area contributed by atoms with Crippen molar-refractivity contribution in [1.29, 1.82) is 0 Å². The quantitative estimate of drug-likeness (QED) is 0.854. The molecule has 0 saturated heterocycles. The smallest absolute Gasteiger partial charge is 0.317 e. The first-order valence-corrected chi connectivity index (χ1v) is 8.96. The summed E-state index contributed by atoms with van der Waals surface area (Å²) in [6.07, 6.45) is 4.65. The van der Waals surface area contributed by atoms with Gasteiger partial charge in [0.1, 0.15) is 11.1 Å². The van der Waals surface area contributed by atoms with E-state index >= 15 is 0 Å². The number of hydrogen-bond acceptors (Lipinski definition) is 5. The number of pyridine rings is 1. The van der Waals surface area contributed by atoms with Crippen LogP contribution in [0.1, 0.15) is 47.4 Å². The van der Waals surface area contributed by atoms with Crippen LogP contribution in [0.5, 0.6) is 6.01 Å². The number of halogens is 1. The van der Waals surface area contributed by atoms with Gasteiger partial charge in [-0.25, -0.2) is 9.97 Å². The molecule has 3 rings (SSSR count). The fraction of sp³-hybridized carbons (Fsp3) is 0.444. The van der Waals surface area contributed by atoms with Crippen molar-refractivity contribution >= 4 is 17.5 Å². The summed E-state index contributed by atoms with van der Waals surface area (Å²) in [4.78, 5) is 34.6. The highest BCUT2D eigenvalue weighted by Crippen LogP contribution is 2.23. The maximum absolute atomic E-state index is 12.3. The zero-order chi connectivity index (χ0) is 18.7. The normalized spacial score (nSPS) is 19.8. The van der Waals surface area contributed by atoms with E-state index in [0.717, 1.165) is 37.1 Å². The highest BCUT2D eigenvalue weighted by atomic mass is 35.5. The molecule has 0 atom stereocenters. The standard InChI is InChI=1S/C18H21ClN4O3/c1-10-7-11(2)22-18(21-10)26-14-5-3-13(4-6-14)23-16(24)12-8-15(19)17(25)20-9-12/h7-9,13-14H,3-6H2,1-2H3,(H,20,25)(H,23,24). The molecule has 0 bridgehead atoms. The van der Waals surface area contributed by atoms with E-state index in [9.17, 15) is 9.59 Å². The molecule has 2 heterocycles. The Bertz CT molecular complexity index is 840. The van der Waals surface area contributed by atoms with Crippen molar-refractivity contribution in [3.63, 3.8) is 0 Å². The lowest BCUT2D eigenvalue weighted by molar-refractivity contribution is 0.0884. The van der Waals surface area contributed by atoms with Crippen molar-refractivity contribution in [2.75, 3.05) is 0 Å². The van der Waals surface area contributed by atoms with Crippen molar-refractivity contribution in [2.45, 2.75) is 51.7 Å². The number of carbonyl (C=O) groups is 1. The minimum atomic E-state index is -0.408. The summed E-state index contributed by atoms with van der Waals surface area (Å²) in [5.74, 6) is -0.245. The molecule has 0 spiro atoms. The summed E-state index contributed by atoms with van der Waals surface area (Å²) in [6, 6.07) is 3.76. The average molecular weight is 377 g/mol. The van der Waals surface area contributed by atoms with Gasteiger partial charge in [0.05, 0.1) is 5.56 Å². The molecule has 1 saturated carbocycles. The van der Waals surface area contributed by atoms with Crippen molar-refractivity contribution in [3.8, 4) is 6.01 Å². The van der Waals surface area contributed by atoms with E-state index in [1.807, 2.05) is 19.9 Å². The third-order valence-corrected chi connectivity index (χ3v) is 4.64. The zero-order valence-corrected chi connectivity index (χ0v) is 15.5. The van der Waals surface area contributed by atoms with Crippen LogP contribution in [0, 0.1) is 13.8 Å². The number of aromatic amines is 1. The van der Waals surface area contributed by atoms with Crippen LogP contribution < -0.4 is 15.6 Å². The molecule has 2 aromatic heterocycles. The van der Waals surface area contributed by atoms with Crippen LogP contribution in [0.15, 0.2) is 23.1 Å². The average Bonchev–Trinajstić information content (AvgIpc) is 2.58. The molecule has 138 valence electrons. The first-order valence-electron chi connectivity index (χ1n) is 8.59. The number of rotatable bonds is 4. The fourth-order valence-electron chi connectivity index (χ4n) is 3.08. The van der Waals surface area contributed by atoms with E-state index in [1.54, 1.807) is 0 Å². The summed E-state index contributed by atoms with van der Waals surface area (Å²) in [7, 11) is 0. The number of nitrogens with zero attached hydrogens (tertiary/aromatic N) is 2. The number of carbonyl (C=O) groups excluding carboxylic acids is 1. The Kier molecular flexibility index (Phi) is 5.56. The van der Waals surface area contributed by atoms with E-state index in [4.69, 9.17) is 16.3 Å². The van der Waals surface area contributed by atoms with Crippen LogP contribution in [0.25, 0.3) is 0 Å². The highest BCUT2D eigenvalue weighted by molar-refractivity contribution is 6.30. The van der Waals surface area contributed by atoms with Gasteiger partial charge < -0.3 is 15.0 Å². The Morgan fingerprint density at radius 3 is 2.46 bits per heavy atom. The summed E-state index contributed by atoms with van der Waals surface area (Å²) in [5.41, 5.74) is 1.70. The summed E-state index contributed by atoms with van der Waals surface area (Å²) < 4.78 is 5.89. The molecule has 26 heavy (non-hydrogen) atoms. The Labute approximate surface area is 156 Å². The van der Waals surface area contributed by atoms with Gasteiger partial charge in [-0.1, -0.05) is 11.6 Å². The molecule has 2 aromatic rings. The van der Waals surface area contributed by atoms with Gasteiger partial charge in [-0.15, -0.1) is 0 Å². The van der Waals surface area contributed by atoms with E-state index in [1.165, 1.54) is 12.3 Å². The lowest BCUT2D eigenvalue weighted by Crippen LogP contribution is -2.40. The molecule has 0 aliphatic heterocycles. The summed E-state index contributed by atoms with van der Waals surface area (Å²) in [6.45, 7) is 3.83. The maximum Gasteiger partial charge on any atom is 0.317 e. The number of aromatic nitrogens is 3. The van der Waals surface area contributed by atoms with Gasteiger partial charge in [-0.05, 0) is 51.7 Å². The van der Waals surface area contributed by atoms with Gasteiger partial charge in [-0.2, -0.15) is 0 Å². The molecule has 8 heteroatoms. The van der Waals surface area contributed by atoms with Gasteiger partial charge in [-0.3, -0.25) is 9.59 Å². The lowest BCUT2D eigenvalue weighted by Gasteiger charge is -2.29. The SMILES string of the molecule is Cc1cc(C)nc(OC2CCC(NC(=O)c3c[nH]c(=O)c(Cl)c3)CC2)n1. The summed E-state index contributed by atoms with van der Waals surface area (Å²) in [5, 5.41) is 2.98. The topological polar surface area (TPSA) is 97.0 Å². The van der Waals surface area contributed by atoms with Crippen LogP contribution in [0.3, 0.4) is 0 Å². The summed E-state index contributed by atoms with van der Waals surface area (Å²) >= 11 is 5.77. The Morgan fingerprint density at radius 1 is 1.19 bits per heavy atom. The lowest BCUT2D eigenvalue weighted by atomic mass is 9.93. The molecule has 0 unspecified atom stereocenters. The van der Waals surface area contributed by atoms with Crippen LogP contribution >= 0.6 is 11.6 Å². The predicted molar refractivity (Wildman–Crippen MR) is 97.7 cm³/mol. The Balaban J connectivity index is 1.52. The molecular formula is C18H21ClN4O3. The van der Waals surface area contributed by atoms with Crippen molar-refractivity contribution in [3.05, 3.63) is 50.7 Å². The molecule has 1 aliphatic carbocycles. The van der Waals surface area contributed by atoms with Crippen LogP contribution in [0.4, 0.5) is 0 Å².